The summed E-state index contributed by atoms with van der Waals surface area (Å²) in [5.74, 6) is -2.35. The summed E-state index contributed by atoms with van der Waals surface area (Å²) in [6.45, 7) is 1.88. The fraction of sp³-hybridized carbons (Fsp3) is 0.118. The minimum absolute atomic E-state index is 0.0781. The summed E-state index contributed by atoms with van der Waals surface area (Å²) in [6, 6.07) is 6.31. The number of nitro groups is 1. The van der Waals surface area contributed by atoms with Gasteiger partial charge >= 0.3 is 6.09 Å². The van der Waals surface area contributed by atoms with Crippen molar-refractivity contribution in [2.75, 3.05) is 0 Å². The first-order valence-corrected chi connectivity index (χ1v) is 7.89. The van der Waals surface area contributed by atoms with Gasteiger partial charge in [-0.2, -0.15) is 5.10 Å². The predicted octanol–water partition coefficient (Wildman–Crippen LogP) is 3.20. The van der Waals surface area contributed by atoms with Crippen molar-refractivity contribution in [3.05, 3.63) is 69.4 Å². The van der Waals surface area contributed by atoms with Gasteiger partial charge in [-0.1, -0.05) is 12.1 Å². The lowest BCUT2D eigenvalue weighted by atomic mass is 10.0. The van der Waals surface area contributed by atoms with E-state index in [1.807, 2.05) is 0 Å². The van der Waals surface area contributed by atoms with Crippen LogP contribution in [0, 0.1) is 28.7 Å². The van der Waals surface area contributed by atoms with Crippen molar-refractivity contribution in [3.8, 4) is 16.9 Å². The number of nitrogens with zero attached hydrogens (tertiary/aromatic N) is 4. The number of aromatic nitrogens is 3. The number of aryl methyl sites for hydroxylation is 1. The molecule has 0 spiro atoms. The summed E-state index contributed by atoms with van der Waals surface area (Å²) in [4.78, 5) is 21.2. The van der Waals surface area contributed by atoms with E-state index in [0.717, 1.165) is 5.56 Å². The zero-order valence-electron chi connectivity index (χ0n) is 14.4. The molecule has 0 fully saturated rings. The van der Waals surface area contributed by atoms with Crippen LogP contribution in [0.4, 0.5) is 19.3 Å². The van der Waals surface area contributed by atoms with E-state index in [1.165, 1.54) is 6.20 Å². The highest BCUT2D eigenvalue weighted by atomic mass is 19.1. The van der Waals surface area contributed by atoms with Crippen LogP contribution in [0.3, 0.4) is 0 Å². The zero-order chi connectivity index (χ0) is 20.4. The summed E-state index contributed by atoms with van der Waals surface area (Å²) in [5.41, 5.74) is 1.02. The molecule has 9 nitrogen and oxygen atoms in total. The molecule has 1 aromatic heterocycles. The molecule has 0 saturated carbocycles. The summed E-state index contributed by atoms with van der Waals surface area (Å²) >= 11 is 0. The summed E-state index contributed by atoms with van der Waals surface area (Å²) in [7, 11) is 0. The van der Waals surface area contributed by atoms with Crippen molar-refractivity contribution < 1.29 is 23.6 Å². The van der Waals surface area contributed by atoms with E-state index in [1.54, 1.807) is 25.1 Å². The monoisotopic (exact) mass is 389 g/mol. The van der Waals surface area contributed by atoms with Crippen molar-refractivity contribution in [2.24, 2.45) is 0 Å². The van der Waals surface area contributed by atoms with E-state index < -0.39 is 34.0 Å². The molecule has 0 bridgehead atoms. The lowest BCUT2D eigenvalue weighted by Gasteiger charge is -2.07. The number of benzene rings is 2. The van der Waals surface area contributed by atoms with E-state index in [0.29, 0.717) is 28.1 Å². The number of hydrogen-bond donors (Lipinski definition) is 2. The summed E-state index contributed by atoms with van der Waals surface area (Å²) < 4.78 is 28.3. The smallest absolute Gasteiger partial charge is 0.404 e. The van der Waals surface area contributed by atoms with Crippen LogP contribution in [0.5, 0.6) is 0 Å². The standard InChI is InChI=1S/C17H13F2N5O4/c1-9-2-3-10(4-11(9)7-20-17(25)26)15-8-21-23(22-15)16-13(18)5-12(24(27)28)6-14(16)19/h2-6,8,20H,7H2,1H3,(H,25,26). The lowest BCUT2D eigenvalue weighted by molar-refractivity contribution is -0.385. The fourth-order valence-electron chi connectivity index (χ4n) is 2.54. The summed E-state index contributed by atoms with van der Waals surface area (Å²) in [5, 5.41) is 29.6. The highest BCUT2D eigenvalue weighted by Gasteiger charge is 2.20. The lowest BCUT2D eigenvalue weighted by Crippen LogP contribution is -2.20. The molecule has 0 aliphatic carbocycles. The van der Waals surface area contributed by atoms with Gasteiger partial charge in [0.1, 0.15) is 5.69 Å². The third-order valence-corrected chi connectivity index (χ3v) is 3.98. The Hall–Kier alpha value is -3.89. The van der Waals surface area contributed by atoms with Crippen LogP contribution in [0.25, 0.3) is 16.9 Å². The molecule has 3 aromatic rings. The van der Waals surface area contributed by atoms with Gasteiger partial charge in [-0.25, -0.2) is 13.6 Å². The SMILES string of the molecule is Cc1ccc(-c2cnn(-c3c(F)cc([N+](=O)[O-])cc3F)n2)cc1CNC(=O)O. The Labute approximate surface area is 156 Å². The van der Waals surface area contributed by atoms with E-state index in [2.05, 4.69) is 15.5 Å². The first-order valence-electron chi connectivity index (χ1n) is 7.89. The van der Waals surface area contributed by atoms with Crippen molar-refractivity contribution in [1.29, 1.82) is 0 Å². The molecule has 28 heavy (non-hydrogen) atoms. The fourth-order valence-corrected chi connectivity index (χ4v) is 2.54. The maximum absolute atomic E-state index is 14.2. The van der Waals surface area contributed by atoms with Crippen molar-refractivity contribution in [3.63, 3.8) is 0 Å². The topological polar surface area (TPSA) is 123 Å². The molecule has 0 unspecified atom stereocenters. The van der Waals surface area contributed by atoms with Gasteiger partial charge in [0.05, 0.1) is 23.3 Å². The summed E-state index contributed by atoms with van der Waals surface area (Å²) in [6.07, 6.45) is 0.110. The number of carboxylic acid groups (broad SMARTS) is 1. The number of hydrogen-bond acceptors (Lipinski definition) is 5. The molecule has 144 valence electrons. The van der Waals surface area contributed by atoms with Gasteiger partial charge in [0.2, 0.25) is 0 Å². The predicted molar refractivity (Wildman–Crippen MR) is 93.0 cm³/mol. The first kappa shape index (κ1) is 18.9. The number of nitrogens with one attached hydrogen (secondary N) is 1. The molecule has 0 aliphatic rings. The normalized spacial score (nSPS) is 10.7. The number of halogens is 2. The quantitative estimate of drug-likeness (QED) is 0.510. The molecule has 0 atom stereocenters. The number of nitro benzene ring substituents is 1. The number of carbonyl (C=O) groups is 1. The Morgan fingerprint density at radius 2 is 1.96 bits per heavy atom. The molecule has 2 N–H and O–H groups in total. The second-order valence-electron chi connectivity index (χ2n) is 5.83. The van der Waals surface area contributed by atoms with E-state index in [4.69, 9.17) is 5.11 Å². The molecular formula is C17H13F2N5O4. The number of rotatable bonds is 5. The second-order valence-corrected chi connectivity index (χ2v) is 5.83. The average Bonchev–Trinajstić information content (AvgIpc) is 3.09. The minimum Gasteiger partial charge on any atom is -0.465 e. The first-order chi connectivity index (χ1) is 13.3. The highest BCUT2D eigenvalue weighted by Crippen LogP contribution is 2.25. The third-order valence-electron chi connectivity index (χ3n) is 3.98. The van der Waals surface area contributed by atoms with Gasteiger partial charge < -0.3 is 10.4 Å². The van der Waals surface area contributed by atoms with E-state index >= 15 is 0 Å². The van der Waals surface area contributed by atoms with Crippen molar-refractivity contribution in [1.82, 2.24) is 20.3 Å². The van der Waals surface area contributed by atoms with Gasteiger partial charge in [-0.3, -0.25) is 10.1 Å². The second kappa shape index (κ2) is 7.39. The van der Waals surface area contributed by atoms with Crippen molar-refractivity contribution in [2.45, 2.75) is 13.5 Å². The largest absolute Gasteiger partial charge is 0.465 e. The molecule has 3 rings (SSSR count). The third kappa shape index (κ3) is 3.77. The van der Waals surface area contributed by atoms with Crippen LogP contribution >= 0.6 is 0 Å². The number of amides is 1. The Morgan fingerprint density at radius 1 is 1.29 bits per heavy atom. The van der Waals surface area contributed by atoms with E-state index in [9.17, 15) is 23.7 Å². The van der Waals surface area contributed by atoms with Crippen LogP contribution in [0.15, 0.2) is 36.5 Å². The Morgan fingerprint density at radius 3 is 2.57 bits per heavy atom. The van der Waals surface area contributed by atoms with Crippen molar-refractivity contribution >= 4 is 11.8 Å². The molecular weight excluding hydrogens is 376 g/mol. The maximum Gasteiger partial charge on any atom is 0.404 e. The van der Waals surface area contributed by atoms with Crippen LogP contribution in [-0.4, -0.2) is 31.1 Å². The molecule has 11 heteroatoms. The van der Waals surface area contributed by atoms with Gasteiger partial charge in [0.25, 0.3) is 5.69 Å². The van der Waals surface area contributed by atoms with Crippen LogP contribution in [-0.2, 0) is 6.54 Å². The molecule has 2 aromatic carbocycles. The van der Waals surface area contributed by atoms with Gasteiger partial charge in [-0.05, 0) is 24.1 Å². The zero-order valence-corrected chi connectivity index (χ0v) is 14.4. The van der Waals surface area contributed by atoms with Crippen LogP contribution in [0.2, 0.25) is 0 Å². The Kier molecular flexibility index (Phi) is 4.98. The highest BCUT2D eigenvalue weighted by molar-refractivity contribution is 5.65. The number of non-ortho nitro benzene ring substituents is 1. The average molecular weight is 389 g/mol. The van der Waals surface area contributed by atoms with Gasteiger partial charge in [-0.15, -0.1) is 9.90 Å². The molecule has 0 radical (unpaired) electrons. The Bertz CT molecular complexity index is 1060. The van der Waals surface area contributed by atoms with Gasteiger partial charge in [0.15, 0.2) is 17.3 Å². The van der Waals surface area contributed by atoms with Gasteiger partial charge in [0, 0.05) is 12.1 Å². The molecule has 0 aliphatic heterocycles. The van der Waals surface area contributed by atoms with E-state index in [-0.39, 0.29) is 12.2 Å². The van der Waals surface area contributed by atoms with Crippen LogP contribution in [0.1, 0.15) is 11.1 Å². The molecule has 1 heterocycles. The molecule has 1 amide bonds. The Balaban J connectivity index is 1.96. The van der Waals surface area contributed by atoms with Crippen LogP contribution < -0.4 is 5.32 Å². The molecule has 0 saturated heterocycles. The minimum atomic E-state index is -1.18. The maximum atomic E-state index is 14.2.